The summed E-state index contributed by atoms with van der Waals surface area (Å²) < 4.78 is 48.7. The van der Waals surface area contributed by atoms with Crippen LogP contribution in [-0.2, 0) is 51.1 Å². The monoisotopic (exact) mass is 870 g/mol. The van der Waals surface area contributed by atoms with E-state index in [1.807, 2.05) is 107 Å². The molecule has 0 spiro atoms. The summed E-state index contributed by atoms with van der Waals surface area (Å²) in [7, 11) is 1.42. The maximum atomic E-state index is 11.8. The Labute approximate surface area is 370 Å². The molecule has 2 aromatic carbocycles. The minimum atomic E-state index is -1.59. The molecular formula is C49H75NO12. The van der Waals surface area contributed by atoms with Gasteiger partial charge in [0, 0.05) is 19.1 Å². The summed E-state index contributed by atoms with van der Waals surface area (Å²) in [5.74, 6) is -0.592. The highest BCUT2D eigenvalue weighted by atomic mass is 16.7. The van der Waals surface area contributed by atoms with Gasteiger partial charge in [-0.2, -0.15) is 0 Å². The van der Waals surface area contributed by atoms with Crippen molar-refractivity contribution in [3.8, 4) is 0 Å². The Hall–Kier alpha value is -3.60. The Bertz CT molecular complexity index is 1600. The van der Waals surface area contributed by atoms with Gasteiger partial charge in [0.2, 0.25) is 0 Å². The molecule has 11 unspecified atom stereocenters. The first kappa shape index (κ1) is 52.7. The van der Waals surface area contributed by atoms with Crippen molar-refractivity contribution in [2.24, 2.45) is 11.7 Å². The first-order valence-electron chi connectivity index (χ1n) is 22.3. The van der Waals surface area contributed by atoms with E-state index < -0.39 is 56.2 Å². The zero-order chi connectivity index (χ0) is 45.3. The molecule has 6 N–H and O–H groups in total. The molecule has 2 aromatic rings. The van der Waals surface area contributed by atoms with Gasteiger partial charge in [0.15, 0.2) is 18.9 Å². The van der Waals surface area contributed by atoms with Crippen molar-refractivity contribution in [1.82, 2.24) is 0 Å². The smallest absolute Gasteiger partial charge is 0.275 e. The van der Waals surface area contributed by atoms with Crippen LogP contribution < -0.4 is 5.73 Å². The van der Waals surface area contributed by atoms with Gasteiger partial charge in [-0.3, -0.25) is 0 Å². The average molecular weight is 870 g/mol. The van der Waals surface area contributed by atoms with Crippen LogP contribution in [-0.4, -0.2) is 95.9 Å². The second-order valence-electron chi connectivity index (χ2n) is 15.6. The number of hydrogen-bond acceptors (Lipinski definition) is 13. The van der Waals surface area contributed by atoms with Gasteiger partial charge in [-0.1, -0.05) is 127 Å². The molecule has 13 heteroatoms. The van der Waals surface area contributed by atoms with Gasteiger partial charge in [0.25, 0.3) is 5.95 Å². The maximum absolute atomic E-state index is 11.8. The number of hydrogen-bond donors (Lipinski definition) is 5. The highest BCUT2D eigenvalue weighted by molar-refractivity contribution is 5.22. The van der Waals surface area contributed by atoms with E-state index in [-0.39, 0.29) is 42.8 Å². The molecule has 0 saturated carbocycles. The lowest BCUT2D eigenvalue weighted by atomic mass is 9.92. The van der Waals surface area contributed by atoms with Crippen molar-refractivity contribution in [2.75, 3.05) is 13.9 Å². The lowest BCUT2D eigenvalue weighted by Crippen LogP contribution is -2.57. The highest BCUT2D eigenvalue weighted by Crippen LogP contribution is 2.34. The molecule has 1 fully saturated rings. The zero-order valence-electron chi connectivity index (χ0n) is 37.9. The minimum Gasteiger partial charge on any atom is -0.481 e. The number of rotatable bonds is 30. The van der Waals surface area contributed by atoms with Crippen molar-refractivity contribution < 1.29 is 58.3 Å². The fourth-order valence-electron chi connectivity index (χ4n) is 7.22. The minimum absolute atomic E-state index is 0.0427. The first-order chi connectivity index (χ1) is 30.0. The number of aliphatic hydroxyl groups is 4. The van der Waals surface area contributed by atoms with E-state index in [1.165, 1.54) is 7.11 Å². The van der Waals surface area contributed by atoms with Gasteiger partial charge in [0.1, 0.15) is 19.0 Å². The third-order valence-corrected chi connectivity index (χ3v) is 10.7. The summed E-state index contributed by atoms with van der Waals surface area (Å²) in [4.78, 5) is 0. The molecule has 0 radical (unpaired) electrons. The van der Waals surface area contributed by atoms with Gasteiger partial charge >= 0.3 is 0 Å². The van der Waals surface area contributed by atoms with Crippen LogP contribution in [0.5, 0.6) is 0 Å². The number of aliphatic hydroxyl groups excluding tert-OH is 4. The lowest BCUT2D eigenvalue weighted by Gasteiger charge is -2.45. The van der Waals surface area contributed by atoms with Crippen LogP contribution in [0.3, 0.4) is 0 Å². The molecule has 1 aliphatic heterocycles. The Morgan fingerprint density at radius 3 is 2.00 bits per heavy atom. The molecule has 0 aliphatic carbocycles. The van der Waals surface area contributed by atoms with Crippen LogP contribution in [0.25, 0.3) is 0 Å². The first-order valence-corrected chi connectivity index (χ1v) is 22.3. The number of nitrogens with two attached hydrogens (primary N) is 1. The average Bonchev–Trinajstić information content (AvgIpc) is 3.27. The summed E-state index contributed by atoms with van der Waals surface area (Å²) in [5, 5.41) is 42.5. The molecule has 0 amide bonds. The molecule has 1 saturated heterocycles. The molecule has 11 atom stereocenters. The standard InChI is InChI=1S/C49H75NO12/c1-8-19-39(28-29-43(52)55-7)61-49-34(5)46(57-32-37-24-16-13-17-25-37)47(35(6)59-49)62-48(54)45(50)41(42(21-10-3)58-33-51)27-18-26-38(11-4)60-44(53)30-40(20-9-2)56-31-36-22-14-12-15-23-36/h12-18,22-26,28-30,34-35,38-40,42-43,46-49,51-54H,8-11,19-21,27,31-33,50H2,1-7H3/b26-18?,29-28?,44-30+,45-41?. The summed E-state index contributed by atoms with van der Waals surface area (Å²) >= 11 is 0. The molecule has 0 aromatic heterocycles. The van der Waals surface area contributed by atoms with Crippen molar-refractivity contribution in [2.45, 2.75) is 168 Å². The fraction of sp³-hybridized carbons (Fsp3) is 0.592. The van der Waals surface area contributed by atoms with E-state index in [2.05, 4.69) is 6.92 Å². The molecular weight excluding hydrogens is 795 g/mol. The van der Waals surface area contributed by atoms with Gasteiger partial charge in [-0.05, 0) is 67.9 Å². The van der Waals surface area contributed by atoms with Crippen LogP contribution in [0.1, 0.15) is 104 Å². The molecule has 348 valence electrons. The SMILES string of the molecule is CCCC(C=CC(O)OC)OC1OC(C)C(OC(O)C(N)=C(CC=CC(CC)O/C(O)=C/C(CCC)OCc2ccccc2)C(CCC)OCO)C(OCc2ccccc2)C1C. The quantitative estimate of drug-likeness (QED) is 0.0288. The van der Waals surface area contributed by atoms with E-state index in [0.29, 0.717) is 44.3 Å². The van der Waals surface area contributed by atoms with Crippen LogP contribution in [0, 0.1) is 5.92 Å². The lowest BCUT2D eigenvalue weighted by molar-refractivity contribution is -0.311. The molecule has 13 nitrogen and oxygen atoms in total. The third kappa shape index (κ3) is 18.2. The van der Waals surface area contributed by atoms with E-state index in [9.17, 15) is 20.4 Å². The van der Waals surface area contributed by atoms with Gasteiger partial charge in [-0.25, -0.2) is 0 Å². The molecule has 62 heavy (non-hydrogen) atoms. The van der Waals surface area contributed by atoms with Crippen LogP contribution in [0.2, 0.25) is 0 Å². The maximum Gasteiger partial charge on any atom is 0.275 e. The second kappa shape index (κ2) is 29.7. The Kier molecular flexibility index (Phi) is 25.3. The number of ether oxygens (including phenoxy) is 8. The van der Waals surface area contributed by atoms with Gasteiger partial charge in [-0.15, -0.1) is 0 Å². The Balaban J connectivity index is 1.85. The predicted molar refractivity (Wildman–Crippen MR) is 239 cm³/mol. The van der Waals surface area contributed by atoms with E-state index in [4.69, 9.17) is 43.6 Å². The summed E-state index contributed by atoms with van der Waals surface area (Å²) in [6.07, 6.45) is 6.57. The van der Waals surface area contributed by atoms with Gasteiger partial charge in [0.05, 0.1) is 49.4 Å². The fourth-order valence-corrected chi connectivity index (χ4v) is 7.22. The van der Waals surface area contributed by atoms with Gasteiger partial charge < -0.3 is 64.1 Å². The molecule has 1 heterocycles. The van der Waals surface area contributed by atoms with Crippen LogP contribution in [0.15, 0.2) is 108 Å². The van der Waals surface area contributed by atoms with E-state index in [1.54, 1.807) is 18.2 Å². The Morgan fingerprint density at radius 2 is 1.40 bits per heavy atom. The van der Waals surface area contributed by atoms with Crippen LogP contribution in [0.4, 0.5) is 0 Å². The Morgan fingerprint density at radius 1 is 0.774 bits per heavy atom. The zero-order valence-corrected chi connectivity index (χ0v) is 37.9. The summed E-state index contributed by atoms with van der Waals surface area (Å²) in [6, 6.07) is 19.6. The largest absolute Gasteiger partial charge is 0.481 e. The topological polar surface area (TPSA) is 181 Å². The van der Waals surface area contributed by atoms with Crippen molar-refractivity contribution in [3.63, 3.8) is 0 Å². The predicted octanol–water partition coefficient (Wildman–Crippen LogP) is 8.24. The summed E-state index contributed by atoms with van der Waals surface area (Å²) in [6.45, 7) is 12.0. The number of allylic oxidation sites excluding steroid dienone is 1. The van der Waals surface area contributed by atoms with Crippen LogP contribution >= 0.6 is 0 Å². The number of methoxy groups -OCH3 is 1. The highest BCUT2D eigenvalue weighted by Gasteiger charge is 2.46. The summed E-state index contributed by atoms with van der Waals surface area (Å²) in [5.41, 5.74) is 9.36. The molecule has 3 rings (SSSR count). The molecule has 1 aliphatic rings. The van der Waals surface area contributed by atoms with E-state index in [0.717, 1.165) is 24.0 Å². The normalized spacial score (nSPS) is 23.2. The molecule has 0 bridgehead atoms. The van der Waals surface area contributed by atoms with Crippen molar-refractivity contribution in [3.05, 3.63) is 119 Å². The van der Waals surface area contributed by atoms with E-state index >= 15 is 0 Å². The second-order valence-corrected chi connectivity index (χ2v) is 15.6. The number of benzene rings is 2. The van der Waals surface area contributed by atoms with Crippen molar-refractivity contribution in [1.29, 1.82) is 0 Å². The van der Waals surface area contributed by atoms with Crippen molar-refractivity contribution >= 4 is 0 Å². The third-order valence-electron chi connectivity index (χ3n) is 10.7.